The molecule has 8 nitrogen and oxygen atoms in total. The lowest BCUT2D eigenvalue weighted by Crippen LogP contribution is -2.45. The largest absolute Gasteiger partial charge is 0.444 e. The zero-order valence-electron chi connectivity index (χ0n) is 20.3. The maximum atomic E-state index is 12.2. The van der Waals surface area contributed by atoms with E-state index in [-0.39, 0.29) is 12.1 Å². The van der Waals surface area contributed by atoms with Crippen molar-refractivity contribution in [1.82, 2.24) is 20.7 Å². The molecule has 1 atom stereocenters. The summed E-state index contributed by atoms with van der Waals surface area (Å²) in [7, 11) is 2.02. The van der Waals surface area contributed by atoms with E-state index in [1.165, 1.54) is 0 Å². The van der Waals surface area contributed by atoms with E-state index in [0.717, 1.165) is 48.9 Å². The van der Waals surface area contributed by atoms with Crippen molar-refractivity contribution < 1.29 is 14.1 Å². The molecule has 0 aromatic carbocycles. The molecule has 2 N–H and O–H groups in total. The molecule has 1 aromatic heterocycles. The number of aryl methyl sites for hydroxylation is 2. The van der Waals surface area contributed by atoms with E-state index >= 15 is 0 Å². The first-order chi connectivity index (χ1) is 13.9. The van der Waals surface area contributed by atoms with E-state index < -0.39 is 5.60 Å². The SMILES string of the molecule is CCNC(=NCCc1c(C)noc1C)N(C)CCC(NC(=O)OC(C)(C)C)C(C)C. The second-order valence-electron chi connectivity index (χ2n) is 9.00. The highest BCUT2D eigenvalue weighted by atomic mass is 16.6. The molecule has 0 saturated carbocycles. The van der Waals surface area contributed by atoms with Gasteiger partial charge in [0.05, 0.1) is 5.69 Å². The fourth-order valence-corrected chi connectivity index (χ4v) is 3.07. The van der Waals surface area contributed by atoms with Gasteiger partial charge in [0.2, 0.25) is 0 Å². The van der Waals surface area contributed by atoms with Gasteiger partial charge < -0.3 is 24.8 Å². The number of amides is 1. The van der Waals surface area contributed by atoms with Crippen molar-refractivity contribution in [3.8, 4) is 0 Å². The minimum atomic E-state index is -0.505. The van der Waals surface area contributed by atoms with E-state index in [1.54, 1.807) is 0 Å². The second kappa shape index (κ2) is 11.8. The molecule has 172 valence electrons. The summed E-state index contributed by atoms with van der Waals surface area (Å²) in [6, 6.07) is 0.0208. The Kier molecular flexibility index (Phi) is 10.2. The molecule has 0 spiro atoms. The minimum Gasteiger partial charge on any atom is -0.444 e. The zero-order valence-corrected chi connectivity index (χ0v) is 20.3. The molecule has 1 amide bonds. The molecule has 0 fully saturated rings. The number of ether oxygens (including phenoxy) is 1. The van der Waals surface area contributed by atoms with Gasteiger partial charge in [-0.15, -0.1) is 0 Å². The Morgan fingerprint density at radius 2 is 1.97 bits per heavy atom. The number of alkyl carbamates (subject to hydrolysis) is 1. The Morgan fingerprint density at radius 3 is 2.47 bits per heavy atom. The fraction of sp³-hybridized carbons (Fsp3) is 0.773. The van der Waals surface area contributed by atoms with Crippen LogP contribution >= 0.6 is 0 Å². The highest BCUT2D eigenvalue weighted by Gasteiger charge is 2.22. The maximum Gasteiger partial charge on any atom is 0.407 e. The van der Waals surface area contributed by atoms with E-state index in [9.17, 15) is 4.79 Å². The molecule has 0 radical (unpaired) electrons. The minimum absolute atomic E-state index is 0.0208. The number of carbonyl (C=O) groups excluding carboxylic acids is 1. The predicted octanol–water partition coefficient (Wildman–Crippen LogP) is 3.67. The van der Waals surface area contributed by atoms with Gasteiger partial charge in [0.25, 0.3) is 0 Å². The Bertz CT molecular complexity index is 672. The van der Waals surface area contributed by atoms with Gasteiger partial charge in [-0.3, -0.25) is 4.99 Å². The van der Waals surface area contributed by atoms with Gasteiger partial charge in [0.15, 0.2) is 5.96 Å². The van der Waals surface area contributed by atoms with Crippen LogP contribution in [-0.4, -0.2) is 60.4 Å². The molecular formula is C22H41N5O3. The van der Waals surface area contributed by atoms with Crippen LogP contribution in [0.5, 0.6) is 0 Å². The number of aliphatic imine (C=N–C) groups is 1. The van der Waals surface area contributed by atoms with Gasteiger partial charge in [0.1, 0.15) is 11.4 Å². The van der Waals surface area contributed by atoms with Crippen molar-refractivity contribution in [2.45, 2.75) is 79.9 Å². The van der Waals surface area contributed by atoms with Crippen LogP contribution in [0.4, 0.5) is 4.79 Å². The number of aromatic nitrogens is 1. The van der Waals surface area contributed by atoms with Crippen molar-refractivity contribution in [3.63, 3.8) is 0 Å². The Balaban J connectivity index is 2.66. The molecule has 0 saturated heterocycles. The molecule has 0 bridgehead atoms. The monoisotopic (exact) mass is 423 g/mol. The summed E-state index contributed by atoms with van der Waals surface area (Å²) < 4.78 is 10.6. The van der Waals surface area contributed by atoms with Crippen LogP contribution < -0.4 is 10.6 Å². The number of guanidine groups is 1. The normalized spacial score (nSPS) is 13.3. The summed E-state index contributed by atoms with van der Waals surface area (Å²) in [5.74, 6) is 2.00. The smallest absolute Gasteiger partial charge is 0.407 e. The van der Waals surface area contributed by atoms with Crippen LogP contribution in [0.1, 0.15) is 65.0 Å². The highest BCUT2D eigenvalue weighted by Crippen LogP contribution is 2.13. The van der Waals surface area contributed by atoms with Crippen molar-refractivity contribution in [3.05, 3.63) is 17.0 Å². The van der Waals surface area contributed by atoms with E-state index in [2.05, 4.69) is 41.5 Å². The first-order valence-corrected chi connectivity index (χ1v) is 10.8. The molecule has 30 heavy (non-hydrogen) atoms. The third kappa shape index (κ3) is 9.05. The Hall–Kier alpha value is -2.25. The summed E-state index contributed by atoms with van der Waals surface area (Å²) >= 11 is 0. The van der Waals surface area contributed by atoms with E-state index in [4.69, 9.17) is 14.3 Å². The van der Waals surface area contributed by atoms with Gasteiger partial charge in [-0.05, 0) is 60.3 Å². The number of rotatable bonds is 9. The van der Waals surface area contributed by atoms with Gasteiger partial charge >= 0.3 is 6.09 Å². The highest BCUT2D eigenvalue weighted by molar-refractivity contribution is 5.79. The van der Waals surface area contributed by atoms with Crippen LogP contribution in [0.25, 0.3) is 0 Å². The molecule has 0 aliphatic heterocycles. The van der Waals surface area contributed by atoms with E-state index in [0.29, 0.717) is 12.5 Å². The van der Waals surface area contributed by atoms with Crippen LogP contribution in [0.3, 0.4) is 0 Å². The molecule has 1 heterocycles. The van der Waals surface area contributed by atoms with E-state index in [1.807, 2.05) is 41.7 Å². The molecule has 0 aliphatic carbocycles. The van der Waals surface area contributed by atoms with Crippen molar-refractivity contribution in [1.29, 1.82) is 0 Å². The molecule has 0 aliphatic rings. The Morgan fingerprint density at radius 1 is 1.30 bits per heavy atom. The van der Waals surface area contributed by atoms with Gasteiger partial charge in [-0.25, -0.2) is 4.79 Å². The summed E-state index contributed by atoms with van der Waals surface area (Å²) in [5.41, 5.74) is 1.54. The summed E-state index contributed by atoms with van der Waals surface area (Å²) in [6.45, 7) is 17.9. The quantitative estimate of drug-likeness (QED) is 0.465. The van der Waals surface area contributed by atoms with Crippen molar-refractivity contribution in [2.24, 2.45) is 10.9 Å². The number of nitrogens with zero attached hydrogens (tertiary/aromatic N) is 3. The Labute approximate surface area is 181 Å². The standard InChI is InChI=1S/C22H41N5O3/c1-10-23-20(24-13-11-18-16(4)26-30-17(18)5)27(9)14-12-19(15(2)3)25-21(28)29-22(6,7)8/h15,19H,10-14H2,1-9H3,(H,23,24)(H,25,28). The van der Waals surface area contributed by atoms with Crippen LogP contribution in [0.2, 0.25) is 0 Å². The van der Waals surface area contributed by atoms with Gasteiger partial charge in [-0.1, -0.05) is 19.0 Å². The number of carbonyl (C=O) groups is 1. The summed E-state index contributed by atoms with van der Waals surface area (Å²) in [4.78, 5) is 19.0. The van der Waals surface area contributed by atoms with Crippen LogP contribution in [-0.2, 0) is 11.2 Å². The molecule has 1 unspecified atom stereocenters. The van der Waals surface area contributed by atoms with Crippen molar-refractivity contribution in [2.75, 3.05) is 26.7 Å². The maximum absolute atomic E-state index is 12.2. The third-order valence-electron chi connectivity index (χ3n) is 4.78. The topological polar surface area (TPSA) is 92.0 Å². The first kappa shape index (κ1) is 25.8. The van der Waals surface area contributed by atoms with Gasteiger partial charge in [-0.2, -0.15) is 0 Å². The zero-order chi connectivity index (χ0) is 22.9. The lowest BCUT2D eigenvalue weighted by Gasteiger charge is -2.28. The number of hydrogen-bond donors (Lipinski definition) is 2. The average Bonchev–Trinajstić information content (AvgIpc) is 2.94. The lowest BCUT2D eigenvalue weighted by molar-refractivity contribution is 0.0486. The third-order valence-corrected chi connectivity index (χ3v) is 4.78. The first-order valence-electron chi connectivity index (χ1n) is 10.8. The molecular weight excluding hydrogens is 382 g/mol. The summed E-state index contributed by atoms with van der Waals surface area (Å²) in [6.07, 6.45) is 1.21. The molecule has 1 rings (SSSR count). The lowest BCUT2D eigenvalue weighted by atomic mass is 10.0. The van der Waals surface area contributed by atoms with Crippen LogP contribution in [0, 0.1) is 19.8 Å². The number of nitrogens with one attached hydrogen (secondary N) is 2. The fourth-order valence-electron chi connectivity index (χ4n) is 3.07. The second-order valence-corrected chi connectivity index (χ2v) is 9.00. The van der Waals surface area contributed by atoms with Gasteiger partial charge in [0, 0.05) is 38.3 Å². The van der Waals surface area contributed by atoms with Crippen molar-refractivity contribution >= 4 is 12.1 Å². The molecule has 1 aromatic rings. The molecule has 8 heteroatoms. The predicted molar refractivity (Wildman–Crippen MR) is 121 cm³/mol. The number of hydrogen-bond acceptors (Lipinski definition) is 5. The summed E-state index contributed by atoms with van der Waals surface area (Å²) in [5, 5.41) is 10.4. The average molecular weight is 424 g/mol. The van der Waals surface area contributed by atoms with Crippen LogP contribution in [0.15, 0.2) is 9.52 Å².